The van der Waals surface area contributed by atoms with Crippen molar-refractivity contribution in [3.05, 3.63) is 0 Å². The van der Waals surface area contributed by atoms with Crippen molar-refractivity contribution in [2.75, 3.05) is 0 Å². The molecule has 0 aromatic rings. The van der Waals surface area contributed by atoms with E-state index in [2.05, 4.69) is 22.6 Å². The maximum atomic E-state index is 5.67. The zero-order chi connectivity index (χ0) is 5.28. The van der Waals surface area contributed by atoms with Gasteiger partial charge in [-0.25, -0.2) is 0 Å². The molecular formula is C5H10IN. The third-order valence-electron chi connectivity index (χ3n) is 1.48. The summed E-state index contributed by atoms with van der Waals surface area (Å²) in [5, 5.41) is 0. The van der Waals surface area contributed by atoms with E-state index in [1.807, 2.05) is 0 Å². The van der Waals surface area contributed by atoms with Crippen LogP contribution in [0.5, 0.6) is 0 Å². The molecule has 2 atom stereocenters. The van der Waals surface area contributed by atoms with Gasteiger partial charge in [-0.1, -0.05) is 29.0 Å². The van der Waals surface area contributed by atoms with Crippen LogP contribution in [0.3, 0.4) is 0 Å². The fraction of sp³-hybridized carbons (Fsp3) is 1.00. The molecule has 0 radical (unpaired) electrons. The van der Waals surface area contributed by atoms with Gasteiger partial charge in [0, 0.05) is 9.97 Å². The molecule has 0 spiro atoms. The monoisotopic (exact) mass is 211 g/mol. The molecule has 0 unspecified atom stereocenters. The second-order valence-corrected chi connectivity index (χ2v) is 3.71. The first kappa shape index (κ1) is 5.82. The normalized spacial score (nSPS) is 42.0. The van der Waals surface area contributed by atoms with Crippen molar-refractivity contribution in [1.82, 2.24) is 0 Å². The summed E-state index contributed by atoms with van der Waals surface area (Å²) in [6.07, 6.45) is 3.92. The Hall–Kier alpha value is 0.690. The van der Waals surface area contributed by atoms with Crippen molar-refractivity contribution < 1.29 is 0 Å². The minimum atomic E-state index is 0.501. The van der Waals surface area contributed by atoms with Gasteiger partial charge >= 0.3 is 0 Å². The Morgan fingerprint density at radius 1 is 1.43 bits per heavy atom. The molecule has 2 N–H and O–H groups in total. The van der Waals surface area contributed by atoms with Crippen LogP contribution in [-0.2, 0) is 0 Å². The molecule has 7 heavy (non-hydrogen) atoms. The molecule has 1 aliphatic rings. The van der Waals surface area contributed by atoms with Crippen LogP contribution in [-0.4, -0.2) is 9.97 Å². The molecule has 2 heteroatoms. The molecule has 42 valence electrons. The number of halogens is 1. The Kier molecular flexibility index (Phi) is 1.92. The van der Waals surface area contributed by atoms with E-state index in [1.165, 1.54) is 19.3 Å². The smallest absolute Gasteiger partial charge is 0.0261 e. The quantitative estimate of drug-likeness (QED) is 0.474. The maximum absolute atomic E-state index is 5.67. The van der Waals surface area contributed by atoms with Gasteiger partial charge in [0.2, 0.25) is 0 Å². The minimum absolute atomic E-state index is 0.501. The van der Waals surface area contributed by atoms with Gasteiger partial charge in [0.05, 0.1) is 0 Å². The van der Waals surface area contributed by atoms with Gasteiger partial charge in [-0.3, -0.25) is 0 Å². The van der Waals surface area contributed by atoms with Gasteiger partial charge < -0.3 is 5.73 Å². The van der Waals surface area contributed by atoms with Crippen molar-refractivity contribution in [2.24, 2.45) is 5.73 Å². The molecule has 1 fully saturated rings. The number of hydrogen-bond donors (Lipinski definition) is 1. The fourth-order valence-electron chi connectivity index (χ4n) is 0.943. The molecule has 1 rings (SSSR count). The summed E-state index contributed by atoms with van der Waals surface area (Å²) in [7, 11) is 0. The molecule has 0 saturated heterocycles. The van der Waals surface area contributed by atoms with Gasteiger partial charge in [-0.2, -0.15) is 0 Å². The van der Waals surface area contributed by atoms with Crippen molar-refractivity contribution in [3.8, 4) is 0 Å². The van der Waals surface area contributed by atoms with Crippen LogP contribution in [0, 0.1) is 0 Å². The first-order valence-corrected chi connectivity index (χ1v) is 3.95. The lowest BCUT2D eigenvalue weighted by atomic mass is 10.3. The van der Waals surface area contributed by atoms with E-state index in [1.54, 1.807) is 0 Å². The highest BCUT2D eigenvalue weighted by Crippen LogP contribution is 2.23. The lowest BCUT2D eigenvalue weighted by Crippen LogP contribution is -2.23. The highest BCUT2D eigenvalue weighted by Gasteiger charge is 2.19. The van der Waals surface area contributed by atoms with Crippen LogP contribution >= 0.6 is 22.6 Å². The maximum Gasteiger partial charge on any atom is 0.0261 e. The molecule has 0 bridgehead atoms. The van der Waals surface area contributed by atoms with Crippen LogP contribution < -0.4 is 5.73 Å². The van der Waals surface area contributed by atoms with Gasteiger partial charge in [0.15, 0.2) is 0 Å². The van der Waals surface area contributed by atoms with Crippen molar-refractivity contribution in [1.29, 1.82) is 0 Å². The molecule has 0 aliphatic heterocycles. The van der Waals surface area contributed by atoms with E-state index in [-0.39, 0.29) is 0 Å². The average Bonchev–Trinajstić information content (AvgIpc) is 1.91. The van der Waals surface area contributed by atoms with E-state index in [0.717, 1.165) is 3.92 Å². The van der Waals surface area contributed by atoms with E-state index >= 15 is 0 Å². The van der Waals surface area contributed by atoms with Gasteiger partial charge in [0.1, 0.15) is 0 Å². The third-order valence-corrected chi connectivity index (χ3v) is 3.03. The second kappa shape index (κ2) is 2.31. The molecule has 1 nitrogen and oxygen atoms in total. The zero-order valence-electron chi connectivity index (χ0n) is 4.23. The highest BCUT2D eigenvalue weighted by atomic mass is 127. The van der Waals surface area contributed by atoms with Crippen LogP contribution in [0.4, 0.5) is 0 Å². The lowest BCUT2D eigenvalue weighted by molar-refractivity contribution is 0.729. The predicted molar refractivity (Wildman–Crippen MR) is 39.6 cm³/mol. The average molecular weight is 211 g/mol. The number of alkyl halides is 1. The Bertz CT molecular complexity index is 57.1. The topological polar surface area (TPSA) is 26.0 Å². The summed E-state index contributed by atoms with van der Waals surface area (Å²) in [5.41, 5.74) is 5.67. The Balaban J connectivity index is 2.33. The molecule has 1 aliphatic carbocycles. The van der Waals surface area contributed by atoms with E-state index < -0.39 is 0 Å². The van der Waals surface area contributed by atoms with Crippen LogP contribution in [0.25, 0.3) is 0 Å². The van der Waals surface area contributed by atoms with Crippen molar-refractivity contribution in [3.63, 3.8) is 0 Å². The SMILES string of the molecule is N[C@H]1CCC[C@H]1I. The number of nitrogens with two attached hydrogens (primary N) is 1. The van der Waals surface area contributed by atoms with Crippen LogP contribution in [0.1, 0.15) is 19.3 Å². The van der Waals surface area contributed by atoms with E-state index in [0.29, 0.717) is 6.04 Å². The predicted octanol–water partition coefficient (Wildman–Crippen LogP) is 1.30. The van der Waals surface area contributed by atoms with E-state index in [4.69, 9.17) is 5.73 Å². The Morgan fingerprint density at radius 3 is 2.29 bits per heavy atom. The third kappa shape index (κ3) is 1.29. The molecule has 1 saturated carbocycles. The molecule has 0 heterocycles. The molecule has 0 aromatic heterocycles. The minimum Gasteiger partial charge on any atom is -0.327 e. The summed E-state index contributed by atoms with van der Waals surface area (Å²) in [5.74, 6) is 0. The number of rotatable bonds is 0. The molecular weight excluding hydrogens is 201 g/mol. The van der Waals surface area contributed by atoms with Gasteiger partial charge in [-0.15, -0.1) is 0 Å². The van der Waals surface area contributed by atoms with Crippen LogP contribution in [0.15, 0.2) is 0 Å². The summed E-state index contributed by atoms with van der Waals surface area (Å²) in [6.45, 7) is 0. The first-order valence-electron chi connectivity index (χ1n) is 2.70. The Morgan fingerprint density at radius 2 is 2.14 bits per heavy atom. The summed E-state index contributed by atoms with van der Waals surface area (Å²) < 4.78 is 0.762. The summed E-state index contributed by atoms with van der Waals surface area (Å²) >= 11 is 2.43. The standard InChI is InChI=1S/C5H10IN/c6-4-2-1-3-5(4)7/h4-5H,1-3,7H2/t4-,5+/m1/s1. The number of hydrogen-bond acceptors (Lipinski definition) is 1. The lowest BCUT2D eigenvalue weighted by Gasteiger charge is -2.03. The van der Waals surface area contributed by atoms with Gasteiger partial charge in [0.25, 0.3) is 0 Å². The van der Waals surface area contributed by atoms with Crippen molar-refractivity contribution >= 4 is 22.6 Å². The summed E-state index contributed by atoms with van der Waals surface area (Å²) in [4.78, 5) is 0. The highest BCUT2D eigenvalue weighted by molar-refractivity contribution is 14.1. The van der Waals surface area contributed by atoms with Crippen LogP contribution in [0.2, 0.25) is 0 Å². The fourth-order valence-corrected chi connectivity index (χ4v) is 1.74. The second-order valence-electron chi connectivity index (χ2n) is 2.11. The molecule has 0 aromatic carbocycles. The zero-order valence-corrected chi connectivity index (χ0v) is 6.39. The molecule has 0 amide bonds. The van der Waals surface area contributed by atoms with Gasteiger partial charge in [-0.05, 0) is 12.8 Å². The van der Waals surface area contributed by atoms with E-state index in [9.17, 15) is 0 Å². The Labute approximate surface area is 57.8 Å². The first-order chi connectivity index (χ1) is 3.30. The van der Waals surface area contributed by atoms with Crippen molar-refractivity contribution in [2.45, 2.75) is 29.2 Å². The largest absolute Gasteiger partial charge is 0.327 e. The summed E-state index contributed by atoms with van der Waals surface area (Å²) in [6, 6.07) is 0.501.